The van der Waals surface area contributed by atoms with Crippen LogP contribution >= 0.6 is 0 Å². The Kier molecular flexibility index (Phi) is 5.12. The van der Waals surface area contributed by atoms with E-state index >= 15 is 0 Å². The lowest BCUT2D eigenvalue weighted by atomic mass is 9.48. The summed E-state index contributed by atoms with van der Waals surface area (Å²) in [5.41, 5.74) is 0.694. The third kappa shape index (κ3) is 3.56. The molecule has 2 unspecified atom stereocenters. The van der Waals surface area contributed by atoms with Gasteiger partial charge < -0.3 is 9.47 Å². The van der Waals surface area contributed by atoms with E-state index in [-0.39, 0.29) is 35.1 Å². The maximum Gasteiger partial charge on any atom is 0.338 e. The molecule has 2 aromatic carbocycles. The van der Waals surface area contributed by atoms with Crippen molar-refractivity contribution in [2.24, 2.45) is 17.3 Å². The summed E-state index contributed by atoms with van der Waals surface area (Å²) in [7, 11) is 0. The smallest absolute Gasteiger partial charge is 0.338 e. The topological polar surface area (TPSA) is 69.7 Å². The SMILES string of the molecule is O=C(OC1CC[C@@]23CC[C@@H](CC2C1)C(=O)[C@@H]3OC(=O)c1ccccc1)c1ccccc1. The Morgan fingerprint density at radius 1 is 0.774 bits per heavy atom. The van der Waals surface area contributed by atoms with Gasteiger partial charge in [-0.15, -0.1) is 0 Å². The highest BCUT2D eigenvalue weighted by Gasteiger charge is 2.61. The van der Waals surface area contributed by atoms with Crippen LogP contribution in [-0.2, 0) is 14.3 Å². The second kappa shape index (κ2) is 7.95. The number of hydrogen-bond acceptors (Lipinski definition) is 5. The van der Waals surface area contributed by atoms with E-state index in [2.05, 4.69) is 0 Å². The summed E-state index contributed by atoms with van der Waals surface area (Å²) < 4.78 is 11.7. The first kappa shape index (κ1) is 20.0. The standard InChI is InChI=1S/C26H26O5/c27-22-19-11-13-26(23(22)31-25(29)18-9-5-2-6-10-18)14-12-21(16-20(26)15-19)30-24(28)17-7-3-1-4-8-17/h1-10,19-21,23H,11-16H2/t19-,20?,21?,23-,26-/m0/s1. The number of carbonyl (C=O) groups is 3. The van der Waals surface area contributed by atoms with E-state index in [1.54, 1.807) is 36.4 Å². The van der Waals surface area contributed by atoms with Crippen molar-refractivity contribution in [3.63, 3.8) is 0 Å². The number of carbonyl (C=O) groups excluding carboxylic acids is 3. The van der Waals surface area contributed by atoms with Gasteiger partial charge in [0.25, 0.3) is 0 Å². The van der Waals surface area contributed by atoms with Crippen LogP contribution < -0.4 is 0 Å². The fraction of sp³-hybridized carbons (Fsp3) is 0.423. The third-order valence-corrected chi connectivity index (χ3v) is 7.52. The van der Waals surface area contributed by atoms with Gasteiger partial charge in [0.05, 0.1) is 11.1 Å². The Labute approximate surface area is 181 Å². The molecule has 0 radical (unpaired) electrons. The van der Waals surface area contributed by atoms with Gasteiger partial charge in [0.15, 0.2) is 11.9 Å². The minimum Gasteiger partial charge on any atom is -0.459 e. The molecule has 4 aliphatic carbocycles. The summed E-state index contributed by atoms with van der Waals surface area (Å²) in [5, 5.41) is 0. The van der Waals surface area contributed by atoms with Crippen LogP contribution in [0.15, 0.2) is 60.7 Å². The van der Waals surface area contributed by atoms with Crippen molar-refractivity contribution in [2.75, 3.05) is 0 Å². The molecule has 5 atom stereocenters. The van der Waals surface area contributed by atoms with Crippen molar-refractivity contribution in [2.45, 2.75) is 50.7 Å². The number of benzene rings is 2. The van der Waals surface area contributed by atoms with E-state index in [0.717, 1.165) is 32.1 Å². The molecule has 0 saturated heterocycles. The van der Waals surface area contributed by atoms with Crippen LogP contribution in [0.1, 0.15) is 59.2 Å². The number of fused-ring (bicyclic) bond motifs is 2. The zero-order valence-corrected chi connectivity index (χ0v) is 17.4. The summed E-state index contributed by atoms with van der Waals surface area (Å²) in [4.78, 5) is 38.3. The molecule has 0 N–H and O–H groups in total. The third-order valence-electron chi connectivity index (χ3n) is 7.52. The van der Waals surface area contributed by atoms with Crippen molar-refractivity contribution < 1.29 is 23.9 Å². The molecule has 0 aliphatic heterocycles. The first-order valence-corrected chi connectivity index (χ1v) is 11.1. The molecule has 0 aromatic heterocycles. The number of ketones is 1. The quantitative estimate of drug-likeness (QED) is 0.679. The summed E-state index contributed by atoms with van der Waals surface area (Å²) in [5.74, 6) is -0.502. The second-order valence-electron chi connectivity index (χ2n) is 9.12. The molecular formula is C26H26O5. The summed E-state index contributed by atoms with van der Waals surface area (Å²) in [6, 6.07) is 17.9. The lowest BCUT2D eigenvalue weighted by molar-refractivity contribution is -0.176. The summed E-state index contributed by atoms with van der Waals surface area (Å²) in [6.07, 6.45) is 3.84. The highest BCUT2D eigenvalue weighted by Crippen LogP contribution is 2.60. The van der Waals surface area contributed by atoms with Gasteiger partial charge in [-0.3, -0.25) is 4.79 Å². The van der Waals surface area contributed by atoms with Gasteiger partial charge in [0.1, 0.15) is 6.10 Å². The predicted octanol–water partition coefficient (Wildman–Crippen LogP) is 4.61. The predicted molar refractivity (Wildman–Crippen MR) is 113 cm³/mol. The van der Waals surface area contributed by atoms with Crippen LogP contribution in [0.25, 0.3) is 0 Å². The Balaban J connectivity index is 1.32. The molecule has 2 bridgehead atoms. The van der Waals surface area contributed by atoms with Crippen LogP contribution in [0, 0.1) is 17.3 Å². The molecule has 4 saturated carbocycles. The minimum atomic E-state index is -0.691. The van der Waals surface area contributed by atoms with E-state index in [9.17, 15) is 14.4 Å². The highest BCUT2D eigenvalue weighted by atomic mass is 16.6. The second-order valence-corrected chi connectivity index (χ2v) is 9.12. The fourth-order valence-electron chi connectivity index (χ4n) is 5.93. The monoisotopic (exact) mass is 418 g/mol. The molecule has 5 heteroatoms. The number of rotatable bonds is 4. The Hall–Kier alpha value is -2.95. The average Bonchev–Trinajstić information content (AvgIpc) is 2.82. The van der Waals surface area contributed by atoms with Gasteiger partial charge in [0.2, 0.25) is 0 Å². The summed E-state index contributed by atoms with van der Waals surface area (Å²) in [6.45, 7) is 0. The van der Waals surface area contributed by atoms with E-state index in [1.165, 1.54) is 0 Å². The van der Waals surface area contributed by atoms with Gasteiger partial charge in [-0.2, -0.15) is 0 Å². The van der Waals surface area contributed by atoms with E-state index < -0.39 is 12.1 Å². The number of Topliss-reactive ketones (excluding diaryl/α,β-unsaturated/α-hetero) is 1. The normalized spacial score (nSPS) is 31.5. The van der Waals surface area contributed by atoms with Gasteiger partial charge in [0, 0.05) is 11.3 Å². The van der Waals surface area contributed by atoms with Crippen LogP contribution in [-0.4, -0.2) is 29.9 Å². The molecule has 2 aromatic rings. The summed E-state index contributed by atoms with van der Waals surface area (Å²) >= 11 is 0. The molecule has 160 valence electrons. The molecule has 6 rings (SSSR count). The maximum atomic E-state index is 13.1. The van der Waals surface area contributed by atoms with Gasteiger partial charge >= 0.3 is 11.9 Å². The minimum absolute atomic E-state index is 0.0657. The Bertz CT molecular complexity index is 985. The van der Waals surface area contributed by atoms with Crippen LogP contribution in [0.4, 0.5) is 0 Å². The van der Waals surface area contributed by atoms with Crippen LogP contribution in [0.5, 0.6) is 0 Å². The molecule has 5 nitrogen and oxygen atoms in total. The largest absolute Gasteiger partial charge is 0.459 e. The highest BCUT2D eigenvalue weighted by molar-refractivity contribution is 5.94. The van der Waals surface area contributed by atoms with E-state index in [0.29, 0.717) is 17.5 Å². The van der Waals surface area contributed by atoms with E-state index in [1.807, 2.05) is 24.3 Å². The Morgan fingerprint density at radius 3 is 2.00 bits per heavy atom. The Morgan fingerprint density at radius 2 is 1.35 bits per heavy atom. The molecule has 4 aliphatic rings. The zero-order chi connectivity index (χ0) is 21.4. The first-order chi connectivity index (χ1) is 15.1. The van der Waals surface area contributed by atoms with Gasteiger partial charge in [-0.1, -0.05) is 36.4 Å². The molecule has 31 heavy (non-hydrogen) atoms. The average molecular weight is 418 g/mol. The van der Waals surface area contributed by atoms with Crippen LogP contribution in [0.2, 0.25) is 0 Å². The number of ether oxygens (including phenoxy) is 2. The molecule has 1 spiro atoms. The number of hydrogen-bond donors (Lipinski definition) is 0. The number of esters is 2. The lowest BCUT2D eigenvalue weighted by Crippen LogP contribution is -2.61. The molecule has 4 fully saturated rings. The van der Waals surface area contributed by atoms with Crippen LogP contribution in [0.3, 0.4) is 0 Å². The van der Waals surface area contributed by atoms with Crippen molar-refractivity contribution >= 4 is 17.7 Å². The lowest BCUT2D eigenvalue weighted by Gasteiger charge is -2.57. The zero-order valence-electron chi connectivity index (χ0n) is 17.4. The molecule has 0 heterocycles. The van der Waals surface area contributed by atoms with Gasteiger partial charge in [-0.05, 0) is 68.7 Å². The van der Waals surface area contributed by atoms with Crippen molar-refractivity contribution in [3.05, 3.63) is 71.8 Å². The van der Waals surface area contributed by atoms with Crippen molar-refractivity contribution in [1.82, 2.24) is 0 Å². The molecule has 0 amide bonds. The van der Waals surface area contributed by atoms with E-state index in [4.69, 9.17) is 9.47 Å². The van der Waals surface area contributed by atoms with Gasteiger partial charge in [-0.25, -0.2) is 9.59 Å². The molecular weight excluding hydrogens is 392 g/mol. The van der Waals surface area contributed by atoms with Crippen molar-refractivity contribution in [1.29, 1.82) is 0 Å². The fourth-order valence-corrected chi connectivity index (χ4v) is 5.93. The maximum absolute atomic E-state index is 13.1. The van der Waals surface area contributed by atoms with Crippen molar-refractivity contribution in [3.8, 4) is 0 Å². The first-order valence-electron chi connectivity index (χ1n) is 11.1.